The number of fused-ring (bicyclic) bond motifs is 1. The van der Waals surface area contributed by atoms with Crippen LogP contribution in [-0.2, 0) is 24.3 Å². The lowest BCUT2D eigenvalue weighted by Crippen LogP contribution is -2.38. The molecule has 2 aromatic rings. The average molecular weight is 357 g/mol. The molecule has 25 heavy (non-hydrogen) atoms. The molecule has 1 aromatic carbocycles. The number of amides is 3. The molecule has 0 radical (unpaired) electrons. The summed E-state index contributed by atoms with van der Waals surface area (Å²) in [4.78, 5) is 27.3. The van der Waals surface area contributed by atoms with E-state index in [-0.39, 0.29) is 17.9 Å². The van der Waals surface area contributed by atoms with Gasteiger partial charge in [0.1, 0.15) is 0 Å². The highest BCUT2D eigenvalue weighted by atomic mass is 32.1. The molecule has 0 spiro atoms. The van der Waals surface area contributed by atoms with Crippen LogP contribution in [0.3, 0.4) is 0 Å². The van der Waals surface area contributed by atoms with Crippen LogP contribution >= 0.6 is 11.3 Å². The Hall–Kier alpha value is -2.34. The molecule has 1 aliphatic rings. The number of urea groups is 1. The predicted molar refractivity (Wildman–Crippen MR) is 101 cm³/mol. The summed E-state index contributed by atoms with van der Waals surface area (Å²) in [6.07, 6.45) is 0.860. The van der Waals surface area contributed by atoms with Crippen LogP contribution in [0.15, 0.2) is 35.7 Å². The molecule has 0 saturated carbocycles. The topological polar surface area (TPSA) is 61.4 Å². The summed E-state index contributed by atoms with van der Waals surface area (Å²) < 4.78 is 0. The van der Waals surface area contributed by atoms with Crippen LogP contribution in [0.25, 0.3) is 0 Å². The summed E-state index contributed by atoms with van der Waals surface area (Å²) in [6, 6.07) is 9.67. The molecule has 6 heteroatoms. The first-order chi connectivity index (χ1) is 12.0. The zero-order valence-electron chi connectivity index (χ0n) is 14.5. The molecule has 3 amide bonds. The number of carbonyl (C=O) groups excluding carboxylic acids is 2. The van der Waals surface area contributed by atoms with E-state index in [1.54, 1.807) is 11.3 Å². The predicted octanol–water partition coefficient (Wildman–Crippen LogP) is 3.61. The monoisotopic (exact) mass is 357 g/mol. The fourth-order valence-corrected chi connectivity index (χ4v) is 3.59. The van der Waals surface area contributed by atoms with Gasteiger partial charge in [-0.1, -0.05) is 26.0 Å². The molecule has 0 atom stereocenters. The van der Waals surface area contributed by atoms with Gasteiger partial charge < -0.3 is 15.5 Å². The second-order valence-corrected chi connectivity index (χ2v) is 7.57. The van der Waals surface area contributed by atoms with E-state index in [9.17, 15) is 9.59 Å². The number of anilines is 1. The van der Waals surface area contributed by atoms with Gasteiger partial charge in [0.2, 0.25) is 5.91 Å². The molecule has 5 nitrogen and oxygen atoms in total. The minimum absolute atomic E-state index is 0.00545. The molecule has 2 heterocycles. The van der Waals surface area contributed by atoms with Gasteiger partial charge in [0.05, 0.1) is 6.54 Å². The van der Waals surface area contributed by atoms with Crippen molar-refractivity contribution in [1.29, 1.82) is 0 Å². The average Bonchev–Trinajstić information content (AvgIpc) is 3.12. The van der Waals surface area contributed by atoms with Crippen LogP contribution in [0.5, 0.6) is 0 Å². The third-order valence-electron chi connectivity index (χ3n) is 4.29. The van der Waals surface area contributed by atoms with Gasteiger partial charge in [-0.15, -0.1) is 11.3 Å². The largest absolute Gasteiger partial charge is 0.338 e. The molecule has 0 unspecified atom stereocenters. The van der Waals surface area contributed by atoms with E-state index in [1.807, 2.05) is 54.5 Å². The first-order valence-electron chi connectivity index (χ1n) is 8.51. The molecule has 2 N–H and O–H groups in total. The Balaban J connectivity index is 1.61. The van der Waals surface area contributed by atoms with Crippen molar-refractivity contribution in [2.45, 2.75) is 33.4 Å². The lowest BCUT2D eigenvalue weighted by molar-refractivity contribution is -0.135. The standard InChI is InChI=1S/C19H23N3O2S/c1-13(2)18(23)22-8-7-14-5-6-16(10-15(14)12-22)21-19(24)20-11-17-4-3-9-25-17/h3-6,9-10,13H,7-8,11-12H2,1-2H3,(H2,20,21,24). The van der Waals surface area contributed by atoms with Crippen molar-refractivity contribution in [3.8, 4) is 0 Å². The molecule has 0 bridgehead atoms. The molecular formula is C19H23N3O2S. The van der Waals surface area contributed by atoms with Gasteiger partial charge >= 0.3 is 6.03 Å². The minimum atomic E-state index is -0.223. The summed E-state index contributed by atoms with van der Waals surface area (Å²) in [5.41, 5.74) is 3.11. The summed E-state index contributed by atoms with van der Waals surface area (Å²) in [5.74, 6) is 0.184. The van der Waals surface area contributed by atoms with Crippen LogP contribution in [0.4, 0.5) is 10.5 Å². The molecule has 0 saturated heterocycles. The second kappa shape index (κ2) is 7.70. The molecule has 0 aliphatic carbocycles. The number of carbonyl (C=O) groups is 2. The Kier molecular flexibility index (Phi) is 5.38. The van der Waals surface area contributed by atoms with Gasteiger partial charge in [-0.25, -0.2) is 4.79 Å². The summed E-state index contributed by atoms with van der Waals surface area (Å²) in [7, 11) is 0. The van der Waals surface area contributed by atoms with Gasteiger partial charge in [0.25, 0.3) is 0 Å². The highest BCUT2D eigenvalue weighted by Gasteiger charge is 2.22. The molecule has 3 rings (SSSR count). The molecular weight excluding hydrogens is 334 g/mol. The van der Waals surface area contributed by atoms with Gasteiger partial charge in [0.15, 0.2) is 0 Å². The van der Waals surface area contributed by atoms with E-state index in [0.717, 1.165) is 29.1 Å². The third kappa shape index (κ3) is 4.39. The third-order valence-corrected chi connectivity index (χ3v) is 5.16. The maximum atomic E-state index is 12.2. The number of thiophene rings is 1. The Bertz CT molecular complexity index is 756. The second-order valence-electron chi connectivity index (χ2n) is 6.54. The van der Waals surface area contributed by atoms with E-state index in [1.165, 1.54) is 5.56 Å². The van der Waals surface area contributed by atoms with Crippen molar-refractivity contribution >= 4 is 29.0 Å². The van der Waals surface area contributed by atoms with Gasteiger partial charge in [-0.2, -0.15) is 0 Å². The minimum Gasteiger partial charge on any atom is -0.338 e. The Morgan fingerprint density at radius 3 is 2.80 bits per heavy atom. The number of rotatable bonds is 4. The summed E-state index contributed by atoms with van der Waals surface area (Å²) in [5, 5.41) is 7.71. The smallest absolute Gasteiger partial charge is 0.319 e. The Morgan fingerprint density at radius 2 is 2.08 bits per heavy atom. The Morgan fingerprint density at radius 1 is 1.24 bits per heavy atom. The van der Waals surface area contributed by atoms with Crippen molar-refractivity contribution in [3.05, 3.63) is 51.7 Å². The van der Waals surface area contributed by atoms with Gasteiger partial charge in [0, 0.05) is 29.6 Å². The van der Waals surface area contributed by atoms with Crippen LogP contribution in [0.2, 0.25) is 0 Å². The highest BCUT2D eigenvalue weighted by molar-refractivity contribution is 7.09. The fraction of sp³-hybridized carbons (Fsp3) is 0.368. The van der Waals surface area contributed by atoms with Gasteiger partial charge in [-0.05, 0) is 41.1 Å². The quantitative estimate of drug-likeness (QED) is 0.878. The van der Waals surface area contributed by atoms with Crippen molar-refractivity contribution in [3.63, 3.8) is 0 Å². The van der Waals surface area contributed by atoms with E-state index in [2.05, 4.69) is 10.6 Å². The van der Waals surface area contributed by atoms with Crippen molar-refractivity contribution in [1.82, 2.24) is 10.2 Å². The number of hydrogen-bond acceptors (Lipinski definition) is 3. The zero-order chi connectivity index (χ0) is 17.8. The van der Waals surface area contributed by atoms with Crippen LogP contribution in [0.1, 0.15) is 29.9 Å². The van der Waals surface area contributed by atoms with Crippen LogP contribution in [0, 0.1) is 5.92 Å². The normalized spacial score (nSPS) is 13.5. The maximum absolute atomic E-state index is 12.2. The van der Waals surface area contributed by atoms with E-state index in [0.29, 0.717) is 13.1 Å². The van der Waals surface area contributed by atoms with Crippen LogP contribution < -0.4 is 10.6 Å². The Labute approximate surface area is 152 Å². The van der Waals surface area contributed by atoms with E-state index < -0.39 is 0 Å². The fourth-order valence-electron chi connectivity index (χ4n) is 2.94. The first kappa shape index (κ1) is 17.5. The van der Waals surface area contributed by atoms with Crippen molar-refractivity contribution in [2.75, 3.05) is 11.9 Å². The summed E-state index contributed by atoms with van der Waals surface area (Å²) >= 11 is 1.62. The molecule has 132 valence electrons. The summed E-state index contributed by atoms with van der Waals surface area (Å²) in [6.45, 7) is 5.74. The van der Waals surface area contributed by atoms with Crippen LogP contribution in [-0.4, -0.2) is 23.4 Å². The number of nitrogens with zero attached hydrogens (tertiary/aromatic N) is 1. The van der Waals surface area contributed by atoms with Crippen molar-refractivity contribution in [2.24, 2.45) is 5.92 Å². The van der Waals surface area contributed by atoms with Gasteiger partial charge in [-0.3, -0.25) is 4.79 Å². The first-order valence-corrected chi connectivity index (χ1v) is 9.38. The SMILES string of the molecule is CC(C)C(=O)N1CCc2ccc(NC(=O)NCc3cccs3)cc2C1. The molecule has 1 aliphatic heterocycles. The van der Waals surface area contributed by atoms with E-state index >= 15 is 0 Å². The molecule has 1 aromatic heterocycles. The van der Waals surface area contributed by atoms with E-state index in [4.69, 9.17) is 0 Å². The zero-order valence-corrected chi connectivity index (χ0v) is 15.4. The lowest BCUT2D eigenvalue weighted by atomic mass is 9.98. The lowest BCUT2D eigenvalue weighted by Gasteiger charge is -2.30. The number of hydrogen-bond donors (Lipinski definition) is 2. The number of benzene rings is 1. The highest BCUT2D eigenvalue weighted by Crippen LogP contribution is 2.23. The van der Waals surface area contributed by atoms with Crippen molar-refractivity contribution < 1.29 is 9.59 Å². The maximum Gasteiger partial charge on any atom is 0.319 e. The number of nitrogens with one attached hydrogen (secondary N) is 2. The molecule has 0 fully saturated rings.